The van der Waals surface area contributed by atoms with Crippen molar-refractivity contribution >= 4 is 23.1 Å². The molecule has 1 atom stereocenters. The Morgan fingerprint density at radius 3 is 2.44 bits per heavy atom. The molecule has 7 nitrogen and oxygen atoms in total. The van der Waals surface area contributed by atoms with Crippen LogP contribution in [0.25, 0.3) is 0 Å². The molecule has 1 aliphatic rings. The Kier molecular flexibility index (Phi) is 5.36. The van der Waals surface area contributed by atoms with Crippen LogP contribution in [0.2, 0.25) is 0 Å². The number of aryl methyl sites for hydroxylation is 2. The number of anilines is 1. The Labute approximate surface area is 185 Å². The van der Waals surface area contributed by atoms with Gasteiger partial charge in [0.1, 0.15) is 0 Å². The standard InChI is InChI=1S/C25H22N2O5/c1-16-7-8-17(2)19(13-16)15-26-22-6-4-3-5-21(22)25(30,24(26)29)14-23(28)18-9-11-20(12-10-18)27(31)32/h3-13,30H,14-15H2,1-2H3. The van der Waals surface area contributed by atoms with Gasteiger partial charge >= 0.3 is 0 Å². The van der Waals surface area contributed by atoms with Crippen LogP contribution in [-0.2, 0) is 16.9 Å². The van der Waals surface area contributed by atoms with E-state index in [2.05, 4.69) is 0 Å². The van der Waals surface area contributed by atoms with Crippen LogP contribution in [0.1, 0.15) is 39.0 Å². The number of carbonyl (C=O) groups is 2. The lowest BCUT2D eigenvalue weighted by Gasteiger charge is -2.23. The summed E-state index contributed by atoms with van der Waals surface area (Å²) in [4.78, 5) is 38.2. The van der Waals surface area contributed by atoms with Crippen LogP contribution in [-0.4, -0.2) is 21.7 Å². The molecule has 1 amide bonds. The van der Waals surface area contributed by atoms with Crippen molar-refractivity contribution in [2.45, 2.75) is 32.4 Å². The zero-order chi connectivity index (χ0) is 23.0. The van der Waals surface area contributed by atoms with Gasteiger partial charge in [0, 0.05) is 23.3 Å². The topological polar surface area (TPSA) is 101 Å². The third-order valence-electron chi connectivity index (χ3n) is 5.89. The highest BCUT2D eigenvalue weighted by atomic mass is 16.6. The van der Waals surface area contributed by atoms with Gasteiger partial charge in [-0.1, -0.05) is 42.0 Å². The van der Waals surface area contributed by atoms with E-state index in [-0.39, 0.29) is 17.8 Å². The van der Waals surface area contributed by atoms with E-state index in [1.54, 1.807) is 24.3 Å². The first-order valence-electron chi connectivity index (χ1n) is 10.2. The minimum absolute atomic E-state index is 0.137. The minimum atomic E-state index is -2.01. The SMILES string of the molecule is Cc1ccc(C)c(CN2C(=O)C(O)(CC(=O)c3ccc([N+](=O)[O-])cc3)c3ccccc32)c1. The van der Waals surface area contributed by atoms with Gasteiger partial charge in [-0.3, -0.25) is 19.7 Å². The fraction of sp³-hybridized carbons (Fsp3) is 0.200. The second-order valence-corrected chi connectivity index (χ2v) is 8.10. The van der Waals surface area contributed by atoms with Crippen LogP contribution in [0.4, 0.5) is 11.4 Å². The summed E-state index contributed by atoms with van der Waals surface area (Å²) in [6.07, 6.45) is -0.454. The van der Waals surface area contributed by atoms with E-state index in [0.717, 1.165) is 16.7 Å². The maximum Gasteiger partial charge on any atom is 0.269 e. The maximum absolute atomic E-state index is 13.4. The molecule has 0 aromatic heterocycles. The fourth-order valence-electron chi connectivity index (χ4n) is 4.08. The van der Waals surface area contributed by atoms with E-state index in [1.165, 1.54) is 29.2 Å². The summed E-state index contributed by atoms with van der Waals surface area (Å²) in [6.45, 7) is 4.21. The first-order chi connectivity index (χ1) is 15.2. The molecule has 32 heavy (non-hydrogen) atoms. The number of hydrogen-bond donors (Lipinski definition) is 1. The zero-order valence-corrected chi connectivity index (χ0v) is 17.7. The molecule has 0 radical (unpaired) electrons. The Hall–Kier alpha value is -3.84. The van der Waals surface area contributed by atoms with E-state index in [1.807, 2.05) is 32.0 Å². The van der Waals surface area contributed by atoms with Crippen molar-refractivity contribution in [3.05, 3.63) is 105 Å². The van der Waals surface area contributed by atoms with Crippen LogP contribution < -0.4 is 4.90 Å². The van der Waals surface area contributed by atoms with E-state index in [9.17, 15) is 24.8 Å². The summed E-state index contributed by atoms with van der Waals surface area (Å²) >= 11 is 0. The highest BCUT2D eigenvalue weighted by Gasteiger charge is 2.50. The second kappa shape index (κ2) is 8.01. The fourth-order valence-corrected chi connectivity index (χ4v) is 4.08. The van der Waals surface area contributed by atoms with Gasteiger partial charge in [-0.25, -0.2) is 0 Å². The first-order valence-corrected chi connectivity index (χ1v) is 10.2. The third kappa shape index (κ3) is 3.67. The van der Waals surface area contributed by atoms with Gasteiger partial charge in [0.15, 0.2) is 11.4 Å². The molecule has 3 aromatic carbocycles. The Balaban J connectivity index is 1.66. The highest BCUT2D eigenvalue weighted by molar-refractivity contribution is 6.10. The molecular weight excluding hydrogens is 408 g/mol. The lowest BCUT2D eigenvalue weighted by Crippen LogP contribution is -2.41. The van der Waals surface area contributed by atoms with Crippen molar-refractivity contribution in [2.75, 3.05) is 4.90 Å². The van der Waals surface area contributed by atoms with Gasteiger partial charge in [-0.05, 0) is 43.2 Å². The number of nitro benzene ring substituents is 1. The smallest absolute Gasteiger partial charge is 0.269 e. The van der Waals surface area contributed by atoms with Crippen LogP contribution in [0.15, 0.2) is 66.7 Å². The molecule has 0 saturated heterocycles. The van der Waals surface area contributed by atoms with Crippen LogP contribution >= 0.6 is 0 Å². The van der Waals surface area contributed by atoms with Gasteiger partial charge in [0.05, 0.1) is 23.6 Å². The number of aliphatic hydroxyl groups is 1. The molecule has 1 unspecified atom stereocenters. The minimum Gasteiger partial charge on any atom is -0.375 e. The second-order valence-electron chi connectivity index (χ2n) is 8.10. The number of nitrogens with zero attached hydrogens (tertiary/aromatic N) is 2. The van der Waals surface area contributed by atoms with Crippen LogP contribution in [0.5, 0.6) is 0 Å². The number of hydrogen-bond acceptors (Lipinski definition) is 5. The summed E-state index contributed by atoms with van der Waals surface area (Å²) in [7, 11) is 0. The molecule has 0 aliphatic carbocycles. The third-order valence-corrected chi connectivity index (χ3v) is 5.89. The Morgan fingerprint density at radius 1 is 1.06 bits per heavy atom. The summed E-state index contributed by atoms with van der Waals surface area (Å²) in [5.74, 6) is -1.03. The molecule has 1 aliphatic heterocycles. The summed E-state index contributed by atoms with van der Waals surface area (Å²) in [5.41, 5.74) is 2.05. The van der Waals surface area contributed by atoms with Crippen LogP contribution in [0.3, 0.4) is 0 Å². The molecule has 0 fully saturated rings. The predicted octanol–water partition coefficient (Wildman–Crippen LogP) is 4.22. The van der Waals surface area contributed by atoms with E-state index in [0.29, 0.717) is 11.3 Å². The molecule has 0 saturated carbocycles. The summed E-state index contributed by atoms with van der Waals surface area (Å²) in [6, 6.07) is 18.0. The van der Waals surface area contributed by atoms with Crippen molar-refractivity contribution in [3.8, 4) is 0 Å². The lowest BCUT2D eigenvalue weighted by atomic mass is 9.88. The molecule has 7 heteroatoms. The monoisotopic (exact) mass is 430 g/mol. The van der Waals surface area contributed by atoms with Gasteiger partial charge in [0.25, 0.3) is 11.6 Å². The van der Waals surface area contributed by atoms with Gasteiger partial charge in [0.2, 0.25) is 0 Å². The van der Waals surface area contributed by atoms with Crippen molar-refractivity contribution in [2.24, 2.45) is 0 Å². The largest absolute Gasteiger partial charge is 0.375 e. The zero-order valence-electron chi connectivity index (χ0n) is 17.7. The number of para-hydroxylation sites is 1. The quantitative estimate of drug-likeness (QED) is 0.358. The summed E-state index contributed by atoms with van der Waals surface area (Å²) in [5, 5.41) is 22.3. The molecule has 3 aromatic rings. The average Bonchev–Trinajstić information content (AvgIpc) is 2.98. The number of amides is 1. The van der Waals surface area contributed by atoms with Gasteiger partial charge in [-0.15, -0.1) is 0 Å². The Morgan fingerprint density at radius 2 is 1.75 bits per heavy atom. The first kappa shape index (κ1) is 21.4. The lowest BCUT2D eigenvalue weighted by molar-refractivity contribution is -0.384. The number of fused-ring (bicyclic) bond motifs is 1. The number of rotatable bonds is 6. The predicted molar refractivity (Wildman–Crippen MR) is 119 cm³/mol. The van der Waals surface area contributed by atoms with Crippen molar-refractivity contribution < 1.29 is 19.6 Å². The number of Topliss-reactive ketones (excluding diaryl/α,β-unsaturated/α-hetero) is 1. The number of nitro groups is 1. The molecule has 1 N–H and O–H groups in total. The molecular formula is C25H22N2O5. The molecule has 162 valence electrons. The highest BCUT2D eigenvalue weighted by Crippen LogP contribution is 2.43. The molecule has 1 heterocycles. The van der Waals surface area contributed by atoms with Crippen molar-refractivity contribution in [3.63, 3.8) is 0 Å². The maximum atomic E-state index is 13.4. The van der Waals surface area contributed by atoms with Crippen molar-refractivity contribution in [1.82, 2.24) is 0 Å². The number of non-ortho nitro benzene ring substituents is 1. The average molecular weight is 430 g/mol. The van der Waals surface area contributed by atoms with E-state index >= 15 is 0 Å². The Bertz CT molecular complexity index is 1240. The molecule has 0 bridgehead atoms. The normalized spacial score (nSPS) is 17.3. The number of benzene rings is 3. The van der Waals surface area contributed by atoms with Gasteiger partial charge < -0.3 is 10.0 Å². The molecule has 0 spiro atoms. The van der Waals surface area contributed by atoms with E-state index < -0.39 is 28.6 Å². The van der Waals surface area contributed by atoms with Crippen LogP contribution in [0, 0.1) is 24.0 Å². The summed E-state index contributed by atoms with van der Waals surface area (Å²) < 4.78 is 0. The van der Waals surface area contributed by atoms with Gasteiger partial charge in [-0.2, -0.15) is 0 Å². The molecule has 4 rings (SSSR count). The van der Waals surface area contributed by atoms with Crippen molar-refractivity contribution in [1.29, 1.82) is 0 Å². The van der Waals surface area contributed by atoms with E-state index in [4.69, 9.17) is 0 Å². The number of carbonyl (C=O) groups excluding carboxylic acids is 2. The number of ketones is 1.